The number of esters is 1. The van der Waals surface area contributed by atoms with Crippen LogP contribution in [0.2, 0.25) is 0 Å². The molecule has 0 saturated heterocycles. The van der Waals surface area contributed by atoms with E-state index in [0.717, 1.165) is 0 Å². The third-order valence-electron chi connectivity index (χ3n) is 1.69. The lowest BCUT2D eigenvalue weighted by Gasteiger charge is -2.05. The highest BCUT2D eigenvalue weighted by atomic mass is 79.9. The number of rotatable bonds is 3. The highest BCUT2D eigenvalue weighted by Gasteiger charge is 2.09. The molecule has 0 amide bonds. The molecular formula is C9H10BrNO3. The Morgan fingerprint density at radius 1 is 1.71 bits per heavy atom. The molecular weight excluding hydrogens is 250 g/mol. The second-order valence-corrected chi connectivity index (χ2v) is 3.72. The van der Waals surface area contributed by atoms with E-state index in [0.29, 0.717) is 11.3 Å². The monoisotopic (exact) mass is 259 g/mol. The van der Waals surface area contributed by atoms with Gasteiger partial charge in [-0.3, -0.25) is 4.98 Å². The van der Waals surface area contributed by atoms with Crippen LogP contribution in [0.4, 0.5) is 0 Å². The van der Waals surface area contributed by atoms with Gasteiger partial charge in [0.1, 0.15) is 0 Å². The zero-order valence-electron chi connectivity index (χ0n) is 7.61. The Bertz CT molecular complexity index is 312. The average molecular weight is 260 g/mol. The van der Waals surface area contributed by atoms with E-state index in [1.54, 1.807) is 12.1 Å². The lowest BCUT2D eigenvalue weighted by atomic mass is 10.2. The van der Waals surface area contributed by atoms with Crippen LogP contribution in [0.25, 0.3) is 0 Å². The molecule has 0 bridgehead atoms. The van der Waals surface area contributed by atoms with Crippen molar-refractivity contribution in [2.24, 2.45) is 0 Å². The van der Waals surface area contributed by atoms with E-state index in [-0.39, 0.29) is 11.4 Å². The molecule has 0 aromatic carbocycles. The predicted octanol–water partition coefficient (Wildman–Crippen LogP) is 1.30. The maximum absolute atomic E-state index is 11.0. The molecule has 1 aromatic rings. The Balaban J connectivity index is 2.83. The van der Waals surface area contributed by atoms with Gasteiger partial charge in [0.15, 0.2) is 0 Å². The van der Waals surface area contributed by atoms with Crippen molar-refractivity contribution in [3.63, 3.8) is 0 Å². The lowest BCUT2D eigenvalue weighted by molar-refractivity contribution is 0.0600. The van der Waals surface area contributed by atoms with E-state index < -0.39 is 5.97 Å². The first-order chi connectivity index (χ1) is 6.69. The van der Waals surface area contributed by atoms with Crippen molar-refractivity contribution >= 4 is 21.9 Å². The van der Waals surface area contributed by atoms with Crippen molar-refractivity contribution < 1.29 is 14.6 Å². The summed E-state index contributed by atoms with van der Waals surface area (Å²) in [6.45, 7) is -0.0371. The molecule has 5 heteroatoms. The summed E-state index contributed by atoms with van der Waals surface area (Å²) in [5.41, 5.74) is 1.08. The number of nitrogens with zero attached hydrogens (tertiary/aromatic N) is 1. The topological polar surface area (TPSA) is 59.4 Å². The van der Waals surface area contributed by atoms with E-state index in [4.69, 9.17) is 5.11 Å². The Morgan fingerprint density at radius 3 is 2.86 bits per heavy atom. The molecule has 1 unspecified atom stereocenters. The molecule has 0 aliphatic heterocycles. The number of ether oxygens (including phenoxy) is 1. The fourth-order valence-corrected chi connectivity index (χ4v) is 1.19. The highest BCUT2D eigenvalue weighted by molar-refractivity contribution is 9.09. The predicted molar refractivity (Wildman–Crippen MR) is 54.3 cm³/mol. The number of aliphatic hydroxyl groups is 1. The molecule has 1 rings (SSSR count). The molecule has 1 aromatic heterocycles. The second kappa shape index (κ2) is 5.07. The van der Waals surface area contributed by atoms with Crippen LogP contribution in [0, 0.1) is 0 Å². The quantitative estimate of drug-likeness (QED) is 0.657. The molecule has 0 spiro atoms. The largest absolute Gasteiger partial charge is 0.465 e. The van der Waals surface area contributed by atoms with E-state index in [2.05, 4.69) is 25.7 Å². The number of aliphatic hydroxyl groups excluding tert-OH is 1. The maximum atomic E-state index is 11.0. The lowest BCUT2D eigenvalue weighted by Crippen LogP contribution is -2.04. The Morgan fingerprint density at radius 2 is 2.43 bits per heavy atom. The van der Waals surface area contributed by atoms with Crippen LogP contribution in [0.1, 0.15) is 20.9 Å². The molecule has 0 aliphatic carbocycles. The zero-order valence-corrected chi connectivity index (χ0v) is 9.19. The number of hydrogen-bond donors (Lipinski definition) is 1. The van der Waals surface area contributed by atoms with Crippen molar-refractivity contribution in [3.8, 4) is 0 Å². The van der Waals surface area contributed by atoms with E-state index in [1.807, 2.05) is 0 Å². The summed E-state index contributed by atoms with van der Waals surface area (Å²) in [5, 5.41) is 8.83. The summed E-state index contributed by atoms with van der Waals surface area (Å²) in [6.07, 6.45) is 1.42. The van der Waals surface area contributed by atoms with Crippen molar-refractivity contribution in [1.82, 2.24) is 4.98 Å². The van der Waals surface area contributed by atoms with E-state index in [1.165, 1.54) is 13.3 Å². The Hall–Kier alpha value is -0.940. The van der Waals surface area contributed by atoms with Crippen molar-refractivity contribution in [1.29, 1.82) is 0 Å². The van der Waals surface area contributed by atoms with Gasteiger partial charge in [-0.15, -0.1) is 0 Å². The van der Waals surface area contributed by atoms with Crippen LogP contribution < -0.4 is 0 Å². The second-order valence-electron chi connectivity index (χ2n) is 2.61. The number of carbonyl (C=O) groups is 1. The van der Waals surface area contributed by atoms with Gasteiger partial charge in [0.05, 0.1) is 29.8 Å². The average Bonchev–Trinajstić information content (AvgIpc) is 2.27. The maximum Gasteiger partial charge on any atom is 0.339 e. The number of methoxy groups -OCH3 is 1. The number of halogens is 1. The Kier molecular flexibility index (Phi) is 4.03. The molecule has 4 nitrogen and oxygen atoms in total. The molecule has 0 radical (unpaired) electrons. The molecule has 0 fully saturated rings. The molecule has 14 heavy (non-hydrogen) atoms. The number of alkyl halides is 1. The van der Waals surface area contributed by atoms with Gasteiger partial charge < -0.3 is 9.84 Å². The van der Waals surface area contributed by atoms with Crippen molar-refractivity contribution in [2.45, 2.75) is 4.83 Å². The van der Waals surface area contributed by atoms with Gasteiger partial charge in [-0.25, -0.2) is 4.79 Å². The molecule has 76 valence electrons. The smallest absolute Gasteiger partial charge is 0.339 e. The zero-order chi connectivity index (χ0) is 10.6. The first-order valence-corrected chi connectivity index (χ1v) is 4.89. The summed E-state index contributed by atoms with van der Waals surface area (Å²) >= 11 is 3.23. The third-order valence-corrected chi connectivity index (χ3v) is 2.45. The van der Waals surface area contributed by atoms with Crippen LogP contribution in [-0.2, 0) is 4.74 Å². The van der Waals surface area contributed by atoms with Crippen molar-refractivity contribution in [2.75, 3.05) is 13.7 Å². The van der Waals surface area contributed by atoms with E-state index in [9.17, 15) is 4.79 Å². The summed E-state index contributed by atoms with van der Waals surface area (Å²) < 4.78 is 4.52. The molecule has 0 aliphatic rings. The summed E-state index contributed by atoms with van der Waals surface area (Å²) in [6, 6.07) is 3.28. The minimum absolute atomic E-state index is 0.0371. The minimum atomic E-state index is -0.417. The van der Waals surface area contributed by atoms with Crippen LogP contribution in [0.5, 0.6) is 0 Å². The number of hydrogen-bond acceptors (Lipinski definition) is 4. The first-order valence-electron chi connectivity index (χ1n) is 3.98. The number of pyridine rings is 1. The highest BCUT2D eigenvalue weighted by Crippen LogP contribution is 2.19. The molecule has 1 heterocycles. The van der Waals surface area contributed by atoms with Crippen LogP contribution in [0.15, 0.2) is 18.3 Å². The van der Waals surface area contributed by atoms with Crippen molar-refractivity contribution in [3.05, 3.63) is 29.6 Å². The minimum Gasteiger partial charge on any atom is -0.465 e. The summed E-state index contributed by atoms with van der Waals surface area (Å²) in [7, 11) is 1.32. The van der Waals surface area contributed by atoms with Gasteiger partial charge in [0.2, 0.25) is 0 Å². The molecule has 0 saturated carbocycles. The van der Waals surface area contributed by atoms with Gasteiger partial charge in [-0.1, -0.05) is 15.9 Å². The standard InChI is InChI=1S/C9H10BrNO3/c1-14-9(13)6-2-3-8(11-4-6)7(10)5-12/h2-4,7,12H,5H2,1H3. The van der Waals surface area contributed by atoms with Crippen LogP contribution >= 0.6 is 15.9 Å². The SMILES string of the molecule is COC(=O)c1ccc(C(Br)CO)nc1. The molecule has 1 N–H and O–H groups in total. The van der Waals surface area contributed by atoms with E-state index >= 15 is 0 Å². The van der Waals surface area contributed by atoms with Gasteiger partial charge in [-0.2, -0.15) is 0 Å². The fraction of sp³-hybridized carbons (Fsp3) is 0.333. The van der Waals surface area contributed by atoms with Crippen LogP contribution in [-0.4, -0.2) is 29.8 Å². The van der Waals surface area contributed by atoms with Gasteiger partial charge >= 0.3 is 5.97 Å². The normalized spacial score (nSPS) is 12.2. The summed E-state index contributed by atoms with van der Waals surface area (Å²) in [4.78, 5) is 14.9. The number of aromatic nitrogens is 1. The third kappa shape index (κ3) is 2.52. The van der Waals surface area contributed by atoms with Crippen LogP contribution in [0.3, 0.4) is 0 Å². The Labute approximate surface area is 90.0 Å². The van der Waals surface area contributed by atoms with Gasteiger partial charge in [0.25, 0.3) is 0 Å². The van der Waals surface area contributed by atoms with Gasteiger partial charge in [-0.05, 0) is 12.1 Å². The summed E-state index contributed by atoms with van der Waals surface area (Å²) in [5.74, 6) is -0.417. The van der Waals surface area contributed by atoms with Gasteiger partial charge in [0, 0.05) is 6.20 Å². The molecule has 1 atom stereocenters. The first kappa shape index (κ1) is 11.1. The fourth-order valence-electron chi connectivity index (χ4n) is 0.923. The number of carbonyl (C=O) groups excluding carboxylic acids is 1.